The topological polar surface area (TPSA) is 55.1 Å². The summed E-state index contributed by atoms with van der Waals surface area (Å²) >= 11 is 7.38. The van der Waals surface area contributed by atoms with Crippen LogP contribution in [-0.2, 0) is 4.79 Å². The van der Waals surface area contributed by atoms with E-state index in [0.717, 1.165) is 11.3 Å². The number of rotatable bonds is 4. The fourth-order valence-corrected chi connectivity index (χ4v) is 3.61. The summed E-state index contributed by atoms with van der Waals surface area (Å²) in [6.07, 6.45) is 4.79. The number of nitrogen functional groups attached to an aromatic ring is 1. The molecule has 3 N–H and O–H groups in total. The van der Waals surface area contributed by atoms with Crippen molar-refractivity contribution in [1.29, 1.82) is 0 Å². The number of amides is 1. The molecule has 1 fully saturated rings. The highest BCUT2D eigenvalue weighted by Crippen LogP contribution is 2.28. The average molecular weight is 313 g/mol. The summed E-state index contributed by atoms with van der Waals surface area (Å²) in [5.74, 6) is 1.04. The predicted molar refractivity (Wildman–Crippen MR) is 86.2 cm³/mol. The van der Waals surface area contributed by atoms with E-state index in [2.05, 4.69) is 12.2 Å². The standard InChI is InChI=1S/C15H21ClN2OS/c1-10-4-2-3-5-13(10)18-15(19)9-20-14-8-11(16)6-7-12(14)17/h6-8,10,13H,2-5,9,17H2,1H3,(H,18,19). The Morgan fingerprint density at radius 3 is 2.95 bits per heavy atom. The highest BCUT2D eigenvalue weighted by Gasteiger charge is 2.22. The SMILES string of the molecule is CC1CCCCC1NC(=O)CSc1cc(Cl)ccc1N. The Hall–Kier alpha value is -0.870. The highest BCUT2D eigenvalue weighted by molar-refractivity contribution is 8.00. The third-order valence-electron chi connectivity index (χ3n) is 3.79. The molecular weight excluding hydrogens is 292 g/mol. The van der Waals surface area contributed by atoms with E-state index in [1.807, 2.05) is 0 Å². The summed E-state index contributed by atoms with van der Waals surface area (Å²) in [5.41, 5.74) is 6.54. The quantitative estimate of drug-likeness (QED) is 0.658. The number of halogens is 1. The van der Waals surface area contributed by atoms with Crippen LogP contribution in [-0.4, -0.2) is 17.7 Å². The van der Waals surface area contributed by atoms with Crippen LogP contribution in [0.4, 0.5) is 5.69 Å². The monoisotopic (exact) mass is 312 g/mol. The van der Waals surface area contributed by atoms with Gasteiger partial charge in [-0.15, -0.1) is 11.8 Å². The zero-order valence-corrected chi connectivity index (χ0v) is 13.3. The molecule has 0 aromatic heterocycles. The molecule has 5 heteroatoms. The molecule has 1 aromatic carbocycles. The van der Waals surface area contributed by atoms with Crippen molar-refractivity contribution in [2.24, 2.45) is 5.92 Å². The van der Waals surface area contributed by atoms with Crippen LogP contribution in [0.3, 0.4) is 0 Å². The minimum absolute atomic E-state index is 0.0770. The Morgan fingerprint density at radius 1 is 1.45 bits per heavy atom. The molecule has 2 atom stereocenters. The van der Waals surface area contributed by atoms with Gasteiger partial charge in [0.15, 0.2) is 0 Å². The van der Waals surface area contributed by atoms with Crippen LogP contribution >= 0.6 is 23.4 Å². The van der Waals surface area contributed by atoms with Crippen molar-refractivity contribution in [3.8, 4) is 0 Å². The Labute approximate surface area is 129 Å². The van der Waals surface area contributed by atoms with Crippen molar-refractivity contribution >= 4 is 35.0 Å². The first-order chi connectivity index (χ1) is 9.56. The second-order valence-electron chi connectivity index (χ2n) is 5.41. The van der Waals surface area contributed by atoms with Crippen LogP contribution in [0, 0.1) is 5.92 Å². The molecule has 1 aromatic rings. The maximum Gasteiger partial charge on any atom is 0.230 e. The van der Waals surface area contributed by atoms with Crippen LogP contribution in [0.2, 0.25) is 5.02 Å². The highest BCUT2D eigenvalue weighted by atomic mass is 35.5. The molecule has 0 radical (unpaired) electrons. The van der Waals surface area contributed by atoms with Gasteiger partial charge in [0.05, 0.1) is 5.75 Å². The van der Waals surface area contributed by atoms with Crippen LogP contribution in [0.25, 0.3) is 0 Å². The lowest BCUT2D eigenvalue weighted by atomic mass is 9.86. The van der Waals surface area contributed by atoms with Gasteiger partial charge in [0.1, 0.15) is 0 Å². The molecule has 2 unspecified atom stereocenters. The third-order valence-corrected chi connectivity index (χ3v) is 5.10. The van der Waals surface area contributed by atoms with E-state index in [1.54, 1.807) is 18.2 Å². The van der Waals surface area contributed by atoms with Gasteiger partial charge in [0.25, 0.3) is 0 Å². The van der Waals surface area contributed by atoms with Crippen molar-refractivity contribution in [3.63, 3.8) is 0 Å². The van der Waals surface area contributed by atoms with Gasteiger partial charge < -0.3 is 11.1 Å². The Bertz CT molecular complexity index is 481. The Morgan fingerprint density at radius 2 is 2.20 bits per heavy atom. The van der Waals surface area contributed by atoms with Gasteiger partial charge in [0.2, 0.25) is 5.91 Å². The minimum atomic E-state index is 0.0770. The smallest absolute Gasteiger partial charge is 0.230 e. The van der Waals surface area contributed by atoms with Crippen LogP contribution < -0.4 is 11.1 Å². The van der Waals surface area contributed by atoms with E-state index in [4.69, 9.17) is 17.3 Å². The number of thioether (sulfide) groups is 1. The molecule has 110 valence electrons. The lowest BCUT2D eigenvalue weighted by Crippen LogP contribution is -2.41. The van der Waals surface area contributed by atoms with Gasteiger partial charge in [0, 0.05) is 21.6 Å². The second kappa shape index (κ2) is 7.23. The molecule has 1 aliphatic rings. The molecular formula is C15H21ClN2OS. The Kier molecular flexibility index (Phi) is 5.61. The molecule has 1 amide bonds. The Balaban J connectivity index is 1.84. The number of benzene rings is 1. The number of hydrogen-bond acceptors (Lipinski definition) is 3. The van der Waals surface area contributed by atoms with E-state index in [9.17, 15) is 4.79 Å². The normalized spacial score (nSPS) is 22.5. The maximum atomic E-state index is 12.0. The molecule has 0 heterocycles. The van der Waals surface area contributed by atoms with Gasteiger partial charge in [-0.05, 0) is 37.0 Å². The van der Waals surface area contributed by atoms with Crippen molar-refractivity contribution in [2.45, 2.75) is 43.5 Å². The fraction of sp³-hybridized carbons (Fsp3) is 0.533. The van der Waals surface area contributed by atoms with Crippen molar-refractivity contribution in [3.05, 3.63) is 23.2 Å². The van der Waals surface area contributed by atoms with Crippen LogP contribution in [0.15, 0.2) is 23.1 Å². The lowest BCUT2D eigenvalue weighted by molar-refractivity contribution is -0.119. The number of hydrogen-bond donors (Lipinski definition) is 2. The molecule has 0 aliphatic heterocycles. The summed E-state index contributed by atoms with van der Waals surface area (Å²) in [6.45, 7) is 2.21. The lowest BCUT2D eigenvalue weighted by Gasteiger charge is -2.29. The van der Waals surface area contributed by atoms with Gasteiger partial charge in [-0.1, -0.05) is 31.4 Å². The van der Waals surface area contributed by atoms with E-state index in [1.165, 1.54) is 31.0 Å². The third kappa shape index (κ3) is 4.32. The van der Waals surface area contributed by atoms with Crippen molar-refractivity contribution in [2.75, 3.05) is 11.5 Å². The van der Waals surface area contributed by atoms with E-state index >= 15 is 0 Å². The zero-order chi connectivity index (χ0) is 14.5. The number of carbonyl (C=O) groups is 1. The summed E-state index contributed by atoms with van der Waals surface area (Å²) in [6, 6.07) is 5.66. The minimum Gasteiger partial charge on any atom is -0.398 e. The van der Waals surface area contributed by atoms with Gasteiger partial charge in [-0.25, -0.2) is 0 Å². The summed E-state index contributed by atoms with van der Waals surface area (Å²) < 4.78 is 0. The van der Waals surface area contributed by atoms with E-state index < -0.39 is 0 Å². The number of anilines is 1. The van der Waals surface area contributed by atoms with Gasteiger partial charge in [-0.2, -0.15) is 0 Å². The van der Waals surface area contributed by atoms with Crippen LogP contribution in [0.1, 0.15) is 32.6 Å². The average Bonchev–Trinajstić information content (AvgIpc) is 2.42. The molecule has 3 nitrogen and oxygen atoms in total. The predicted octanol–water partition coefficient (Wildman–Crippen LogP) is 3.71. The molecule has 2 rings (SSSR count). The molecule has 0 saturated heterocycles. The van der Waals surface area contributed by atoms with Gasteiger partial charge >= 0.3 is 0 Å². The second-order valence-corrected chi connectivity index (χ2v) is 6.86. The van der Waals surface area contributed by atoms with Crippen LogP contribution in [0.5, 0.6) is 0 Å². The largest absolute Gasteiger partial charge is 0.398 e. The molecule has 0 spiro atoms. The van der Waals surface area contributed by atoms with Gasteiger partial charge in [-0.3, -0.25) is 4.79 Å². The fourth-order valence-electron chi connectivity index (χ4n) is 2.56. The first-order valence-electron chi connectivity index (χ1n) is 7.03. The maximum absolute atomic E-state index is 12.0. The summed E-state index contributed by atoms with van der Waals surface area (Å²) in [5, 5.41) is 3.78. The summed E-state index contributed by atoms with van der Waals surface area (Å²) in [7, 11) is 0. The zero-order valence-electron chi connectivity index (χ0n) is 11.7. The van der Waals surface area contributed by atoms with Crippen molar-refractivity contribution < 1.29 is 4.79 Å². The van der Waals surface area contributed by atoms with Crippen molar-refractivity contribution in [1.82, 2.24) is 5.32 Å². The molecule has 1 saturated carbocycles. The van der Waals surface area contributed by atoms with E-state index in [-0.39, 0.29) is 5.91 Å². The molecule has 1 aliphatic carbocycles. The number of nitrogens with one attached hydrogen (secondary N) is 1. The number of nitrogens with two attached hydrogens (primary N) is 1. The molecule has 20 heavy (non-hydrogen) atoms. The summed E-state index contributed by atoms with van der Waals surface area (Å²) in [4.78, 5) is 12.9. The first kappa shape index (κ1) is 15.5. The molecule has 0 bridgehead atoms. The van der Waals surface area contributed by atoms with E-state index in [0.29, 0.717) is 28.4 Å². The number of carbonyl (C=O) groups excluding carboxylic acids is 1. The first-order valence-corrected chi connectivity index (χ1v) is 8.40.